The van der Waals surface area contributed by atoms with Crippen LogP contribution in [0.15, 0.2) is 24.5 Å². The molecule has 1 radical (unpaired) electrons. The highest BCUT2D eigenvalue weighted by atomic mass is 35.5. The maximum atomic E-state index is 5.95. The third-order valence-corrected chi connectivity index (χ3v) is 2.36. The van der Waals surface area contributed by atoms with Crippen molar-refractivity contribution < 1.29 is 0 Å². The maximum Gasteiger partial charge on any atom is 0.221 e. The molecule has 0 saturated heterocycles. The lowest BCUT2D eigenvalue weighted by atomic mass is 10.3. The van der Waals surface area contributed by atoms with Gasteiger partial charge >= 0.3 is 0 Å². The predicted molar refractivity (Wildman–Crippen MR) is 50.2 cm³/mol. The zero-order valence-corrected chi connectivity index (χ0v) is 7.92. The van der Waals surface area contributed by atoms with Gasteiger partial charge in [0.1, 0.15) is 6.33 Å². The highest BCUT2D eigenvalue weighted by Crippen LogP contribution is 2.27. The summed E-state index contributed by atoms with van der Waals surface area (Å²) in [5, 5.41) is 4.78. The monoisotopic (exact) mass is 212 g/mol. The first-order chi connectivity index (χ1) is 6.29. The molecule has 1 aromatic heterocycles. The number of hydrogen-bond acceptors (Lipinski definition) is 2. The van der Waals surface area contributed by atoms with Crippen LogP contribution in [-0.2, 0) is 0 Å². The zero-order valence-electron chi connectivity index (χ0n) is 6.41. The Hall–Kier alpha value is -1.06. The molecule has 65 valence electrons. The molecule has 1 aromatic carbocycles. The molecule has 0 atom stereocenters. The van der Waals surface area contributed by atoms with Crippen LogP contribution in [0.2, 0.25) is 10.0 Å². The Morgan fingerprint density at radius 3 is 2.85 bits per heavy atom. The molecule has 0 amide bonds. The van der Waals surface area contributed by atoms with Crippen LogP contribution in [0.3, 0.4) is 0 Å². The van der Waals surface area contributed by atoms with Gasteiger partial charge in [-0.3, -0.25) is 0 Å². The normalized spacial score (nSPS) is 10.3. The first-order valence-electron chi connectivity index (χ1n) is 3.51. The third-order valence-electron chi connectivity index (χ3n) is 1.56. The number of aromatic nitrogens is 3. The smallest absolute Gasteiger partial charge is 0.219 e. The van der Waals surface area contributed by atoms with E-state index in [0.717, 1.165) is 0 Å². The SMILES string of the molecule is Clc1cccc(-n2cn[c]n2)c1Cl. The first-order valence-corrected chi connectivity index (χ1v) is 4.27. The number of rotatable bonds is 1. The summed E-state index contributed by atoms with van der Waals surface area (Å²) in [6, 6.07) is 5.32. The lowest BCUT2D eigenvalue weighted by Gasteiger charge is -2.03. The van der Waals surface area contributed by atoms with Crippen LogP contribution in [0.1, 0.15) is 0 Å². The van der Waals surface area contributed by atoms with E-state index >= 15 is 0 Å². The molecule has 0 bridgehead atoms. The zero-order chi connectivity index (χ0) is 9.26. The van der Waals surface area contributed by atoms with Gasteiger partial charge in [-0.2, -0.15) is 0 Å². The number of nitrogens with zero attached hydrogens (tertiary/aromatic N) is 3. The summed E-state index contributed by atoms with van der Waals surface area (Å²) in [4.78, 5) is 3.69. The van der Waals surface area contributed by atoms with Gasteiger partial charge < -0.3 is 0 Å². The van der Waals surface area contributed by atoms with Crippen LogP contribution >= 0.6 is 23.2 Å². The van der Waals surface area contributed by atoms with Crippen molar-refractivity contribution in [2.45, 2.75) is 0 Å². The molecule has 2 rings (SSSR count). The van der Waals surface area contributed by atoms with E-state index in [1.54, 1.807) is 18.2 Å². The Labute approximate surface area is 84.9 Å². The Morgan fingerprint density at radius 1 is 1.31 bits per heavy atom. The van der Waals surface area contributed by atoms with Gasteiger partial charge in [0, 0.05) is 0 Å². The van der Waals surface area contributed by atoms with Crippen LogP contribution < -0.4 is 0 Å². The fourth-order valence-corrected chi connectivity index (χ4v) is 1.35. The Kier molecular flexibility index (Phi) is 2.20. The minimum Gasteiger partial charge on any atom is -0.219 e. The number of benzene rings is 1. The number of hydrogen-bond donors (Lipinski definition) is 0. The van der Waals surface area contributed by atoms with E-state index in [1.807, 2.05) is 0 Å². The van der Waals surface area contributed by atoms with Crippen LogP contribution in [0, 0.1) is 6.33 Å². The van der Waals surface area contributed by atoms with E-state index in [2.05, 4.69) is 16.4 Å². The van der Waals surface area contributed by atoms with Crippen molar-refractivity contribution in [3.05, 3.63) is 40.9 Å². The van der Waals surface area contributed by atoms with Crippen molar-refractivity contribution in [2.24, 2.45) is 0 Å². The molecule has 0 N–H and O–H groups in total. The lowest BCUT2D eigenvalue weighted by Crippen LogP contribution is -1.95. The molecule has 1 heterocycles. The summed E-state index contributed by atoms with van der Waals surface area (Å²) in [5.74, 6) is 0. The summed E-state index contributed by atoms with van der Waals surface area (Å²) in [6.07, 6.45) is 3.95. The van der Waals surface area contributed by atoms with Gasteiger partial charge in [0.15, 0.2) is 0 Å². The Bertz CT molecular complexity index is 411. The van der Waals surface area contributed by atoms with Gasteiger partial charge in [-0.25, -0.2) is 9.67 Å². The predicted octanol–water partition coefficient (Wildman–Crippen LogP) is 2.37. The molecule has 0 aliphatic heterocycles. The molecular formula is C8H4Cl2N3. The van der Waals surface area contributed by atoms with E-state index in [9.17, 15) is 0 Å². The lowest BCUT2D eigenvalue weighted by molar-refractivity contribution is 0.876. The van der Waals surface area contributed by atoms with Gasteiger partial charge in [-0.15, -0.1) is 5.10 Å². The van der Waals surface area contributed by atoms with Crippen LogP contribution in [-0.4, -0.2) is 14.8 Å². The molecule has 0 aliphatic rings. The first kappa shape index (κ1) is 8.53. The summed E-state index contributed by atoms with van der Waals surface area (Å²) >= 11 is 11.8. The second-order valence-electron chi connectivity index (χ2n) is 2.36. The molecule has 0 fully saturated rings. The summed E-state index contributed by atoms with van der Waals surface area (Å²) < 4.78 is 1.51. The minimum atomic E-state index is 0.461. The van der Waals surface area contributed by atoms with Gasteiger partial charge in [0.25, 0.3) is 0 Å². The molecule has 0 unspecified atom stereocenters. The van der Waals surface area contributed by atoms with E-state index < -0.39 is 0 Å². The molecule has 0 aliphatic carbocycles. The van der Waals surface area contributed by atoms with Gasteiger partial charge in [0.05, 0.1) is 15.7 Å². The van der Waals surface area contributed by atoms with Crippen molar-refractivity contribution >= 4 is 23.2 Å². The van der Waals surface area contributed by atoms with E-state index in [-0.39, 0.29) is 0 Å². The molecule has 13 heavy (non-hydrogen) atoms. The average molecular weight is 213 g/mol. The van der Waals surface area contributed by atoms with Crippen molar-refractivity contribution in [2.75, 3.05) is 0 Å². The van der Waals surface area contributed by atoms with Crippen molar-refractivity contribution in [3.8, 4) is 5.69 Å². The fourth-order valence-electron chi connectivity index (χ4n) is 0.966. The topological polar surface area (TPSA) is 30.7 Å². The van der Waals surface area contributed by atoms with E-state index in [0.29, 0.717) is 15.7 Å². The molecular weight excluding hydrogens is 209 g/mol. The molecule has 5 heteroatoms. The van der Waals surface area contributed by atoms with Crippen LogP contribution in [0.5, 0.6) is 0 Å². The van der Waals surface area contributed by atoms with Gasteiger partial charge in [-0.1, -0.05) is 29.3 Å². The number of halogens is 2. The molecule has 0 saturated carbocycles. The van der Waals surface area contributed by atoms with Crippen LogP contribution in [0.25, 0.3) is 5.69 Å². The summed E-state index contributed by atoms with van der Waals surface area (Å²) in [5.41, 5.74) is 0.697. The fraction of sp³-hybridized carbons (Fsp3) is 0. The second kappa shape index (κ2) is 3.36. The Morgan fingerprint density at radius 2 is 2.15 bits per heavy atom. The van der Waals surface area contributed by atoms with Crippen LogP contribution in [0.4, 0.5) is 0 Å². The Balaban J connectivity index is 2.59. The maximum absolute atomic E-state index is 5.95. The highest BCUT2D eigenvalue weighted by Gasteiger charge is 2.05. The minimum absolute atomic E-state index is 0.461. The molecule has 2 aromatic rings. The quantitative estimate of drug-likeness (QED) is 0.727. The van der Waals surface area contributed by atoms with E-state index in [4.69, 9.17) is 23.2 Å². The highest BCUT2D eigenvalue weighted by molar-refractivity contribution is 6.43. The molecule has 3 nitrogen and oxygen atoms in total. The van der Waals surface area contributed by atoms with Gasteiger partial charge in [0.2, 0.25) is 6.33 Å². The average Bonchev–Trinajstić information content (AvgIpc) is 2.62. The summed E-state index contributed by atoms with van der Waals surface area (Å²) in [7, 11) is 0. The van der Waals surface area contributed by atoms with Crippen molar-refractivity contribution in [1.29, 1.82) is 0 Å². The van der Waals surface area contributed by atoms with Gasteiger partial charge in [-0.05, 0) is 12.1 Å². The summed E-state index contributed by atoms with van der Waals surface area (Å²) in [6.45, 7) is 0. The van der Waals surface area contributed by atoms with Crippen molar-refractivity contribution in [3.63, 3.8) is 0 Å². The standard InChI is InChI=1S/C8H4Cl2N3/c9-6-2-1-3-7(8(6)10)13-5-11-4-12-13/h1-3,5H. The molecule has 0 spiro atoms. The van der Waals surface area contributed by atoms with Crippen molar-refractivity contribution in [1.82, 2.24) is 14.8 Å². The third kappa shape index (κ3) is 1.53. The van der Waals surface area contributed by atoms with E-state index in [1.165, 1.54) is 11.0 Å². The largest absolute Gasteiger partial charge is 0.221 e. The second-order valence-corrected chi connectivity index (χ2v) is 3.15.